The SMILES string of the molecule is CCCCCCCCCC[Si](C)(C)O[Si](C)(C)O[Si](C)(C)O[Si](C)(C)O[Si](C)(C)c1ccc(-c2ccc(C#N)cc2)cc1. The Bertz CT molecular complexity index is 1160. The fourth-order valence-corrected chi connectivity index (χ4v) is 30.4. The summed E-state index contributed by atoms with van der Waals surface area (Å²) < 4.78 is 27.4. The van der Waals surface area contributed by atoms with Gasteiger partial charge in [-0.15, -0.1) is 0 Å². The van der Waals surface area contributed by atoms with Gasteiger partial charge in [-0.1, -0.05) is 94.7 Å². The Morgan fingerprint density at radius 1 is 0.535 bits per heavy atom. The van der Waals surface area contributed by atoms with Crippen molar-refractivity contribution in [3.8, 4) is 17.2 Å². The summed E-state index contributed by atoms with van der Waals surface area (Å²) in [6.45, 7) is 24.5. The molecule has 0 spiro atoms. The summed E-state index contributed by atoms with van der Waals surface area (Å²) >= 11 is 0. The van der Waals surface area contributed by atoms with Gasteiger partial charge >= 0.3 is 25.7 Å². The Hall–Kier alpha value is -1.15. The monoisotopic (exact) mass is 673 g/mol. The zero-order valence-electron chi connectivity index (χ0n) is 29.1. The summed E-state index contributed by atoms with van der Waals surface area (Å²) in [5.74, 6) is 0. The summed E-state index contributed by atoms with van der Waals surface area (Å²) in [7, 11) is -11.4. The molecule has 0 aliphatic heterocycles. The van der Waals surface area contributed by atoms with Crippen molar-refractivity contribution in [3.63, 3.8) is 0 Å². The average molecular weight is 674 g/mol. The van der Waals surface area contributed by atoms with Crippen molar-refractivity contribution in [2.45, 2.75) is 130 Å². The van der Waals surface area contributed by atoms with Crippen molar-refractivity contribution in [2.24, 2.45) is 0 Å². The second-order valence-corrected chi connectivity index (χ2v) is 33.7. The molecule has 0 N–H and O–H groups in total. The smallest absolute Gasteiger partial charge is 0.314 e. The third-order valence-corrected chi connectivity index (χ3v) is 26.9. The molecule has 5 nitrogen and oxygen atoms in total. The van der Waals surface area contributed by atoms with Gasteiger partial charge in [-0.3, -0.25) is 0 Å². The van der Waals surface area contributed by atoms with Crippen LogP contribution in [-0.4, -0.2) is 42.3 Å². The Labute approximate surface area is 269 Å². The normalized spacial score (nSPS) is 13.3. The standard InChI is InChI=1S/C33H59NO4Si5/c1-12-13-14-15-16-17-18-19-28-39(2,3)35-41(6,7)37-43(10,11)38-42(8,9)36-40(4,5)33-26-24-32(25-27-33)31-22-20-30(29-34)21-23-31/h20-27H,12-19,28H2,1-11H3. The quantitative estimate of drug-likeness (QED) is 0.110. The molecule has 0 aromatic heterocycles. The maximum absolute atomic E-state index is 9.08. The van der Waals surface area contributed by atoms with Gasteiger partial charge in [-0.2, -0.15) is 5.26 Å². The van der Waals surface area contributed by atoms with Crippen molar-refractivity contribution >= 4 is 47.5 Å². The highest BCUT2D eigenvalue weighted by atomic mass is 28.5. The van der Waals surface area contributed by atoms with Crippen molar-refractivity contribution in [1.82, 2.24) is 0 Å². The third kappa shape index (κ3) is 14.2. The lowest BCUT2D eigenvalue weighted by Gasteiger charge is -2.42. The first-order chi connectivity index (χ1) is 19.9. The Morgan fingerprint density at radius 3 is 1.44 bits per heavy atom. The zero-order valence-corrected chi connectivity index (χ0v) is 34.1. The molecular formula is C33H59NO4Si5. The number of hydrogen-bond acceptors (Lipinski definition) is 5. The van der Waals surface area contributed by atoms with Gasteiger partial charge in [0.1, 0.15) is 0 Å². The second kappa shape index (κ2) is 16.4. The van der Waals surface area contributed by atoms with Gasteiger partial charge in [0.15, 0.2) is 8.32 Å². The number of benzene rings is 2. The van der Waals surface area contributed by atoms with E-state index in [1.165, 1.54) is 62.6 Å². The van der Waals surface area contributed by atoms with E-state index >= 15 is 0 Å². The lowest BCUT2D eigenvalue weighted by Crippen LogP contribution is -2.60. The predicted octanol–water partition coefficient (Wildman–Crippen LogP) is 10.2. The molecule has 0 saturated carbocycles. The van der Waals surface area contributed by atoms with E-state index in [0.717, 1.165) is 11.1 Å². The number of rotatable bonds is 19. The first-order valence-corrected chi connectivity index (χ1v) is 30.8. The van der Waals surface area contributed by atoms with Crippen LogP contribution < -0.4 is 5.19 Å². The summed E-state index contributed by atoms with van der Waals surface area (Å²) in [4.78, 5) is 0. The van der Waals surface area contributed by atoms with E-state index in [1.807, 2.05) is 24.3 Å². The van der Waals surface area contributed by atoms with Crippen LogP contribution >= 0.6 is 0 Å². The number of nitriles is 1. The fraction of sp³-hybridized carbons (Fsp3) is 0.606. The fourth-order valence-electron chi connectivity index (χ4n) is 6.12. The summed E-state index contributed by atoms with van der Waals surface area (Å²) in [6.07, 6.45) is 10.7. The van der Waals surface area contributed by atoms with E-state index in [-0.39, 0.29) is 0 Å². The molecule has 0 unspecified atom stereocenters. The zero-order chi connectivity index (χ0) is 32.4. The highest BCUT2D eigenvalue weighted by Crippen LogP contribution is 2.28. The molecule has 10 heteroatoms. The third-order valence-electron chi connectivity index (χ3n) is 7.57. The first kappa shape index (κ1) is 38.0. The lowest BCUT2D eigenvalue weighted by atomic mass is 10.0. The molecule has 2 aromatic rings. The topological polar surface area (TPSA) is 60.7 Å². The minimum Gasteiger partial charge on any atom is -0.436 e. The molecule has 2 aromatic carbocycles. The molecule has 0 fully saturated rings. The van der Waals surface area contributed by atoms with Crippen LogP contribution in [0.1, 0.15) is 63.9 Å². The van der Waals surface area contributed by atoms with Crippen molar-refractivity contribution in [2.75, 3.05) is 0 Å². The van der Waals surface area contributed by atoms with Gasteiger partial charge in [0, 0.05) is 0 Å². The number of unbranched alkanes of at least 4 members (excludes halogenated alkanes) is 7. The summed E-state index contributed by atoms with van der Waals surface area (Å²) in [5.41, 5.74) is 2.91. The van der Waals surface area contributed by atoms with Gasteiger partial charge in [-0.25, -0.2) is 0 Å². The van der Waals surface area contributed by atoms with Crippen LogP contribution in [0, 0.1) is 11.3 Å². The molecule has 2 rings (SSSR count). The predicted molar refractivity (Wildman–Crippen MR) is 195 cm³/mol. The molecule has 0 amide bonds. The highest BCUT2D eigenvalue weighted by molar-refractivity contribution is 6.94. The highest BCUT2D eigenvalue weighted by Gasteiger charge is 2.46. The molecule has 0 saturated heterocycles. The molecular weight excluding hydrogens is 615 g/mol. The molecule has 0 aliphatic carbocycles. The maximum atomic E-state index is 9.08. The van der Waals surface area contributed by atoms with Crippen LogP contribution in [0.3, 0.4) is 0 Å². The Morgan fingerprint density at radius 2 is 0.953 bits per heavy atom. The molecule has 0 heterocycles. The van der Waals surface area contributed by atoms with Gasteiger partial charge < -0.3 is 16.5 Å². The van der Waals surface area contributed by atoms with Crippen LogP contribution in [0.2, 0.25) is 71.5 Å². The molecule has 0 radical (unpaired) electrons. The van der Waals surface area contributed by atoms with Crippen LogP contribution in [0.4, 0.5) is 0 Å². The van der Waals surface area contributed by atoms with Crippen molar-refractivity contribution in [1.29, 1.82) is 5.26 Å². The molecule has 43 heavy (non-hydrogen) atoms. The molecule has 0 atom stereocenters. The molecule has 0 aliphatic rings. The largest absolute Gasteiger partial charge is 0.436 e. The minimum atomic E-state index is -2.50. The van der Waals surface area contributed by atoms with Gasteiger partial charge in [0.25, 0.3) is 0 Å². The lowest BCUT2D eigenvalue weighted by molar-refractivity contribution is 0.299. The van der Waals surface area contributed by atoms with E-state index in [4.69, 9.17) is 21.7 Å². The average Bonchev–Trinajstić information content (AvgIpc) is 2.87. The maximum Gasteiger partial charge on any atom is 0.314 e. The molecule has 0 bridgehead atoms. The van der Waals surface area contributed by atoms with Gasteiger partial charge in [0.05, 0.1) is 11.6 Å². The van der Waals surface area contributed by atoms with E-state index in [1.54, 1.807) is 0 Å². The van der Waals surface area contributed by atoms with Crippen LogP contribution in [0.25, 0.3) is 11.1 Å². The van der Waals surface area contributed by atoms with E-state index in [9.17, 15) is 0 Å². The van der Waals surface area contributed by atoms with Crippen LogP contribution in [0.5, 0.6) is 0 Å². The van der Waals surface area contributed by atoms with Crippen LogP contribution in [-0.2, 0) is 16.5 Å². The van der Waals surface area contributed by atoms with E-state index < -0.39 is 42.3 Å². The molecule has 240 valence electrons. The first-order valence-electron chi connectivity index (χ1n) is 16.3. The van der Waals surface area contributed by atoms with E-state index in [0.29, 0.717) is 5.56 Å². The van der Waals surface area contributed by atoms with Crippen molar-refractivity contribution in [3.05, 3.63) is 54.1 Å². The summed E-state index contributed by atoms with van der Waals surface area (Å²) in [6, 6.07) is 19.8. The number of hydrogen-bond donors (Lipinski definition) is 0. The summed E-state index contributed by atoms with van der Waals surface area (Å²) in [5, 5.41) is 10.3. The second-order valence-electron chi connectivity index (χ2n) is 14.4. The van der Waals surface area contributed by atoms with Crippen LogP contribution in [0.15, 0.2) is 48.5 Å². The van der Waals surface area contributed by atoms with Crippen molar-refractivity contribution < 1.29 is 16.5 Å². The van der Waals surface area contributed by atoms with E-state index in [2.05, 4.69) is 103 Å². The Kier molecular flexibility index (Phi) is 14.5. The van der Waals surface area contributed by atoms with Gasteiger partial charge in [-0.05, 0) is 100.0 Å². The number of nitrogens with zero attached hydrogens (tertiary/aromatic N) is 1. The minimum absolute atomic E-state index is 0.673. The Balaban J connectivity index is 1.93. The van der Waals surface area contributed by atoms with Gasteiger partial charge in [0.2, 0.25) is 8.32 Å².